The van der Waals surface area contributed by atoms with E-state index in [0.717, 1.165) is 0 Å². The van der Waals surface area contributed by atoms with Crippen LogP contribution in [0.4, 0.5) is 5.82 Å². The molecule has 1 aliphatic heterocycles. The molecule has 0 spiro atoms. The van der Waals surface area contributed by atoms with E-state index in [9.17, 15) is 15.2 Å². The van der Waals surface area contributed by atoms with Crippen molar-refractivity contribution in [1.29, 1.82) is 5.26 Å². The number of pyridine rings is 1. The molecule has 0 radical (unpaired) electrons. The standard InChI is InChI=1S/C18H18N4O2/c19-11-14-7-4-9-20-17(14)22-10-8-15(16(23)12-22)21-18(24)13-5-2-1-3-6-13/h1-7,9,15-16,23H,8,10,12H2,(H,21,24)/t15-,16-/m1/s1. The summed E-state index contributed by atoms with van der Waals surface area (Å²) in [6, 6.07) is 14.2. The summed E-state index contributed by atoms with van der Waals surface area (Å²) in [5.41, 5.74) is 1.06. The highest BCUT2D eigenvalue weighted by molar-refractivity contribution is 5.94. The first-order valence-electron chi connectivity index (χ1n) is 7.83. The molecule has 6 nitrogen and oxygen atoms in total. The minimum absolute atomic E-state index is 0.191. The van der Waals surface area contributed by atoms with Gasteiger partial charge in [-0.25, -0.2) is 4.98 Å². The summed E-state index contributed by atoms with van der Waals surface area (Å²) < 4.78 is 0. The highest BCUT2D eigenvalue weighted by Crippen LogP contribution is 2.21. The Balaban J connectivity index is 1.66. The molecule has 1 saturated heterocycles. The summed E-state index contributed by atoms with van der Waals surface area (Å²) in [4.78, 5) is 18.3. The lowest BCUT2D eigenvalue weighted by molar-refractivity contribution is 0.0797. The lowest BCUT2D eigenvalue weighted by atomic mass is 10.0. The molecular weight excluding hydrogens is 304 g/mol. The normalized spacial score (nSPS) is 20.2. The number of nitrogens with zero attached hydrogens (tertiary/aromatic N) is 3. The van der Waals surface area contributed by atoms with Crippen LogP contribution in [0, 0.1) is 11.3 Å². The molecule has 2 N–H and O–H groups in total. The average Bonchev–Trinajstić information content (AvgIpc) is 2.64. The minimum atomic E-state index is -0.722. The van der Waals surface area contributed by atoms with Gasteiger partial charge in [0.1, 0.15) is 11.9 Å². The van der Waals surface area contributed by atoms with Gasteiger partial charge in [0.15, 0.2) is 0 Å². The van der Waals surface area contributed by atoms with Crippen LogP contribution in [-0.2, 0) is 0 Å². The number of hydrogen-bond acceptors (Lipinski definition) is 5. The Morgan fingerprint density at radius 1 is 1.29 bits per heavy atom. The van der Waals surface area contributed by atoms with Gasteiger partial charge in [0.25, 0.3) is 5.91 Å². The SMILES string of the molecule is N#Cc1cccnc1N1CC[C@@H](NC(=O)c2ccccc2)[C@H](O)C1. The summed E-state index contributed by atoms with van der Waals surface area (Å²) >= 11 is 0. The molecule has 1 aliphatic rings. The lowest BCUT2D eigenvalue weighted by Gasteiger charge is -2.37. The Morgan fingerprint density at radius 3 is 2.79 bits per heavy atom. The van der Waals surface area contributed by atoms with Crippen molar-refractivity contribution < 1.29 is 9.90 Å². The van der Waals surface area contributed by atoms with Crippen molar-refractivity contribution in [2.45, 2.75) is 18.6 Å². The van der Waals surface area contributed by atoms with Crippen LogP contribution in [0.15, 0.2) is 48.7 Å². The number of nitriles is 1. The molecule has 0 aliphatic carbocycles. The number of carbonyl (C=O) groups is 1. The minimum Gasteiger partial charge on any atom is -0.389 e. The fourth-order valence-electron chi connectivity index (χ4n) is 2.87. The molecule has 1 fully saturated rings. The van der Waals surface area contributed by atoms with Gasteiger partial charge in [-0.15, -0.1) is 0 Å². The quantitative estimate of drug-likeness (QED) is 0.890. The van der Waals surface area contributed by atoms with Crippen molar-refractivity contribution in [3.05, 3.63) is 59.8 Å². The van der Waals surface area contributed by atoms with Crippen LogP contribution in [0.2, 0.25) is 0 Å². The van der Waals surface area contributed by atoms with Crippen LogP contribution < -0.4 is 10.2 Å². The van der Waals surface area contributed by atoms with Gasteiger partial charge in [-0.3, -0.25) is 4.79 Å². The van der Waals surface area contributed by atoms with Gasteiger partial charge < -0.3 is 15.3 Å². The van der Waals surface area contributed by atoms with Crippen LogP contribution in [0.5, 0.6) is 0 Å². The molecule has 0 saturated carbocycles. The Kier molecular flexibility index (Phi) is 4.73. The molecule has 2 atom stereocenters. The van der Waals surface area contributed by atoms with Crippen molar-refractivity contribution in [3.63, 3.8) is 0 Å². The van der Waals surface area contributed by atoms with Crippen molar-refractivity contribution >= 4 is 11.7 Å². The molecule has 2 heterocycles. The Labute approximate surface area is 140 Å². The van der Waals surface area contributed by atoms with E-state index >= 15 is 0 Å². The van der Waals surface area contributed by atoms with Gasteiger partial charge in [-0.2, -0.15) is 5.26 Å². The molecular formula is C18H18N4O2. The summed E-state index contributed by atoms with van der Waals surface area (Å²) in [6.07, 6.45) is 1.49. The predicted octanol–water partition coefficient (Wildman–Crippen LogP) is 1.32. The van der Waals surface area contributed by atoms with Crippen molar-refractivity contribution in [3.8, 4) is 6.07 Å². The number of anilines is 1. The fraction of sp³-hybridized carbons (Fsp3) is 0.278. The average molecular weight is 322 g/mol. The number of benzene rings is 1. The van der Waals surface area contributed by atoms with E-state index in [0.29, 0.717) is 36.5 Å². The van der Waals surface area contributed by atoms with E-state index in [2.05, 4.69) is 16.4 Å². The Morgan fingerprint density at radius 2 is 2.08 bits per heavy atom. The number of aliphatic hydroxyl groups is 1. The molecule has 3 rings (SSSR count). The number of piperidine rings is 1. The number of hydrogen-bond donors (Lipinski definition) is 2. The van der Waals surface area contributed by atoms with Gasteiger partial charge in [0, 0.05) is 24.8 Å². The van der Waals surface area contributed by atoms with Crippen LogP contribution in [0.1, 0.15) is 22.3 Å². The largest absolute Gasteiger partial charge is 0.389 e. The Hall–Kier alpha value is -2.91. The van der Waals surface area contributed by atoms with E-state index < -0.39 is 6.10 Å². The molecule has 1 aromatic heterocycles. The summed E-state index contributed by atoms with van der Waals surface area (Å²) in [6.45, 7) is 0.938. The maximum Gasteiger partial charge on any atom is 0.251 e. The molecule has 122 valence electrons. The Bertz CT molecular complexity index is 757. The third-order valence-corrected chi connectivity index (χ3v) is 4.14. The number of nitrogens with one attached hydrogen (secondary N) is 1. The van der Waals surface area contributed by atoms with Gasteiger partial charge in [-0.05, 0) is 30.7 Å². The zero-order valence-corrected chi connectivity index (χ0v) is 13.1. The first-order valence-corrected chi connectivity index (χ1v) is 7.83. The molecule has 1 aromatic carbocycles. The summed E-state index contributed by atoms with van der Waals surface area (Å²) in [5.74, 6) is 0.385. The van der Waals surface area contributed by atoms with Gasteiger partial charge in [0.2, 0.25) is 0 Å². The molecule has 24 heavy (non-hydrogen) atoms. The second-order valence-electron chi connectivity index (χ2n) is 5.73. The molecule has 1 amide bonds. The van der Waals surface area contributed by atoms with Gasteiger partial charge in [0.05, 0.1) is 17.7 Å². The van der Waals surface area contributed by atoms with E-state index in [4.69, 9.17) is 0 Å². The zero-order chi connectivity index (χ0) is 16.9. The lowest BCUT2D eigenvalue weighted by Crippen LogP contribution is -2.54. The maximum atomic E-state index is 12.2. The maximum absolute atomic E-state index is 12.2. The van der Waals surface area contributed by atoms with Crippen molar-refractivity contribution in [1.82, 2.24) is 10.3 Å². The van der Waals surface area contributed by atoms with Crippen LogP contribution in [0.25, 0.3) is 0 Å². The topological polar surface area (TPSA) is 89.3 Å². The molecule has 0 unspecified atom stereocenters. The number of carbonyl (C=O) groups excluding carboxylic acids is 1. The van der Waals surface area contributed by atoms with E-state index in [-0.39, 0.29) is 11.9 Å². The second-order valence-corrected chi connectivity index (χ2v) is 5.73. The molecule has 6 heteroatoms. The first-order chi connectivity index (χ1) is 11.7. The third kappa shape index (κ3) is 3.36. The van der Waals surface area contributed by atoms with Crippen LogP contribution >= 0.6 is 0 Å². The predicted molar refractivity (Wildman–Crippen MR) is 89.5 cm³/mol. The number of aliphatic hydroxyl groups excluding tert-OH is 1. The smallest absolute Gasteiger partial charge is 0.251 e. The number of β-amino-alcohol motifs (C(OH)–C–C–N with tert-alkyl or cyclic N) is 1. The van der Waals surface area contributed by atoms with Crippen molar-refractivity contribution in [2.75, 3.05) is 18.0 Å². The number of rotatable bonds is 3. The third-order valence-electron chi connectivity index (χ3n) is 4.14. The summed E-state index contributed by atoms with van der Waals surface area (Å²) in [7, 11) is 0. The number of amides is 1. The van der Waals surface area contributed by atoms with E-state index in [1.165, 1.54) is 0 Å². The van der Waals surface area contributed by atoms with E-state index in [1.54, 1.807) is 42.6 Å². The number of aromatic nitrogens is 1. The highest BCUT2D eigenvalue weighted by Gasteiger charge is 2.30. The van der Waals surface area contributed by atoms with Gasteiger partial charge in [-0.1, -0.05) is 18.2 Å². The molecule has 0 bridgehead atoms. The first kappa shape index (κ1) is 16.0. The second kappa shape index (κ2) is 7.11. The summed E-state index contributed by atoms with van der Waals surface area (Å²) in [5, 5.41) is 22.5. The highest BCUT2D eigenvalue weighted by atomic mass is 16.3. The molecule has 2 aromatic rings. The fourth-order valence-corrected chi connectivity index (χ4v) is 2.87. The van der Waals surface area contributed by atoms with Gasteiger partial charge >= 0.3 is 0 Å². The van der Waals surface area contributed by atoms with E-state index in [1.807, 2.05) is 11.0 Å². The van der Waals surface area contributed by atoms with Crippen LogP contribution in [0.3, 0.4) is 0 Å². The zero-order valence-electron chi connectivity index (χ0n) is 13.1. The monoisotopic (exact) mass is 322 g/mol. The van der Waals surface area contributed by atoms with Crippen molar-refractivity contribution in [2.24, 2.45) is 0 Å². The van der Waals surface area contributed by atoms with Crippen LogP contribution in [-0.4, -0.2) is 41.2 Å².